The summed E-state index contributed by atoms with van der Waals surface area (Å²) >= 11 is 0. The van der Waals surface area contributed by atoms with Gasteiger partial charge >= 0.3 is 45.6 Å². The summed E-state index contributed by atoms with van der Waals surface area (Å²) in [5, 5.41) is 11.2. The molecule has 2 unspecified atom stereocenters. The lowest BCUT2D eigenvalue weighted by Crippen LogP contribution is -2.65. The molecule has 2 aromatic rings. The predicted molar refractivity (Wildman–Crippen MR) is 249 cm³/mol. The molecule has 3 N–H and O–H groups in total. The average molecular weight is 971 g/mol. The number of hydrogen-bond donors (Lipinski definition) is 3. The Bertz CT molecular complexity index is 2140. The van der Waals surface area contributed by atoms with Crippen molar-refractivity contribution in [3.63, 3.8) is 0 Å². The molecule has 6 rings (SSSR count). The fourth-order valence-corrected chi connectivity index (χ4v) is 32.2. The third kappa shape index (κ3) is 9.63. The highest BCUT2D eigenvalue weighted by atomic mass is 28.5. The number of hydrogen-bond acceptors (Lipinski definition) is 14. The van der Waals surface area contributed by atoms with Crippen LogP contribution in [-0.2, 0) is 40.2 Å². The molecule has 362 valence electrons. The monoisotopic (exact) mass is 970 g/mol. The number of aliphatic hydroxyl groups is 1. The van der Waals surface area contributed by atoms with Crippen LogP contribution in [0, 0.1) is 0 Å². The number of nitrogens with one attached hydrogen (secondary N) is 2. The molecular weight excluding hydrogens is 897 g/mol. The van der Waals surface area contributed by atoms with Gasteiger partial charge < -0.3 is 40.5 Å². The number of ketones is 1. The maximum absolute atomic E-state index is 13.4. The van der Waals surface area contributed by atoms with Crippen molar-refractivity contribution < 1.29 is 45.3 Å². The van der Waals surface area contributed by atoms with E-state index in [1.54, 1.807) is 0 Å². The quantitative estimate of drug-likeness (QED) is 0.243. The zero-order chi connectivity index (χ0) is 48.0. The van der Waals surface area contributed by atoms with E-state index < -0.39 is 99.7 Å². The maximum atomic E-state index is 13.4. The highest BCUT2D eigenvalue weighted by molar-refractivity contribution is 6.84. The fourth-order valence-electron chi connectivity index (χ4n) is 9.82. The van der Waals surface area contributed by atoms with Crippen LogP contribution in [0.4, 0.5) is 0 Å². The van der Waals surface area contributed by atoms with E-state index in [1.807, 2.05) is 0 Å². The smallest absolute Gasteiger partial charge is 0.335 e. The van der Waals surface area contributed by atoms with Crippen LogP contribution in [-0.4, -0.2) is 108 Å². The number of aliphatic hydroxyl groups excluding tert-OH is 1. The molecule has 0 amide bonds. The molecule has 22 heteroatoms. The standard InChI is InChI=1S/C21H38N2O7Si2.C21H36N2O7Si2/c2*1-12(2)31(13(3)4)27-11-16-19(29-32(30-31,14(5)6)15(7)8)18(25)20(28-16)23-10-9-17(24)22-21(23)26/h9-10,12-16,18-20,25H,11H2,1-8H3,(H,22,24,26);9-10,12-16,19-20H,11H2,1-8H3,(H,22,24,26)/t16-,18+,19?,20-;16-,19?,20-/m11/s1. The van der Waals surface area contributed by atoms with Crippen LogP contribution in [0.5, 0.6) is 0 Å². The Balaban J connectivity index is 0.000000241. The van der Waals surface area contributed by atoms with E-state index in [9.17, 15) is 29.1 Å². The first-order valence-corrected chi connectivity index (χ1v) is 30.8. The molecule has 64 heavy (non-hydrogen) atoms. The Morgan fingerprint density at radius 3 is 1.34 bits per heavy atom. The van der Waals surface area contributed by atoms with Crippen molar-refractivity contribution in [2.45, 2.75) is 198 Å². The summed E-state index contributed by atoms with van der Waals surface area (Å²) in [6.07, 6.45) is -3.52. The number of carbonyl (C=O) groups is 1. The van der Waals surface area contributed by atoms with Crippen LogP contribution in [0.15, 0.2) is 43.7 Å². The van der Waals surface area contributed by atoms with Gasteiger partial charge in [0.25, 0.3) is 11.1 Å². The minimum absolute atomic E-state index is 0.0666. The summed E-state index contributed by atoms with van der Waals surface area (Å²) in [5.41, 5.74) is -1.32. The molecule has 0 spiro atoms. The molecule has 4 aliphatic rings. The van der Waals surface area contributed by atoms with Gasteiger partial charge in [-0.1, -0.05) is 111 Å². The van der Waals surface area contributed by atoms with Crippen molar-refractivity contribution in [1.29, 1.82) is 0 Å². The zero-order valence-electron chi connectivity index (χ0n) is 40.5. The van der Waals surface area contributed by atoms with E-state index in [4.69, 9.17) is 35.4 Å². The summed E-state index contributed by atoms with van der Waals surface area (Å²) in [5.74, 6) is -0.363. The minimum Gasteiger partial charge on any atom is -0.414 e. The van der Waals surface area contributed by atoms with E-state index in [2.05, 4.69) is 121 Å². The third-order valence-corrected chi connectivity index (χ3v) is 33.8. The maximum Gasteiger partial charge on any atom is 0.335 e. The summed E-state index contributed by atoms with van der Waals surface area (Å²) in [6, 6.07) is 2.42. The Labute approximate surface area is 380 Å². The lowest BCUT2D eigenvalue weighted by atomic mass is 10.1. The molecular formula is C42H74N4O14Si4. The summed E-state index contributed by atoms with van der Waals surface area (Å²) < 4.78 is 55.4. The van der Waals surface area contributed by atoms with Crippen LogP contribution in [0.25, 0.3) is 0 Å². The second-order valence-corrected chi connectivity index (χ2v) is 37.8. The third-order valence-electron chi connectivity index (χ3n) is 13.4. The summed E-state index contributed by atoms with van der Waals surface area (Å²) in [7, 11) is -11.4. The molecule has 0 aromatic carbocycles. The SMILES string of the molecule is CC(C)[Si]1(C(C)C)OC[C@H]2O[C@@H](n3ccc(=O)[nH]c3=O)C(=O)C2O[Si](C(C)C)(C(C)C)O1.CC(C)[Si]1(C(C)C)OC[C@H]2O[C@@H](n3ccc(=O)[nH]c3=O)[C@@H](O)C2O[Si](C(C)C)(C(C)C)O1. The number of H-pyrrole nitrogens is 2. The van der Waals surface area contributed by atoms with E-state index in [-0.39, 0.29) is 63.3 Å². The molecule has 0 radical (unpaired) electrons. The van der Waals surface area contributed by atoms with Gasteiger partial charge in [-0.2, -0.15) is 0 Å². The number of Topliss-reactive ketones (excluding diaryl/α,β-unsaturated/α-hetero) is 1. The fraction of sp³-hybridized carbons (Fsp3) is 0.786. The second-order valence-electron chi connectivity index (χ2n) is 20.1. The average Bonchev–Trinajstić information content (AvgIpc) is 3.63. The molecule has 2 aromatic heterocycles. The lowest BCUT2D eigenvalue weighted by Gasteiger charge is -2.51. The van der Waals surface area contributed by atoms with Gasteiger partial charge in [0.2, 0.25) is 5.78 Å². The van der Waals surface area contributed by atoms with Gasteiger partial charge in [-0.15, -0.1) is 0 Å². The van der Waals surface area contributed by atoms with Crippen LogP contribution in [0.2, 0.25) is 44.3 Å². The first-order valence-electron chi connectivity index (χ1n) is 22.9. The van der Waals surface area contributed by atoms with Crippen molar-refractivity contribution >= 4 is 40.0 Å². The second kappa shape index (κ2) is 20.0. The van der Waals surface area contributed by atoms with E-state index in [0.717, 1.165) is 4.57 Å². The summed E-state index contributed by atoms with van der Waals surface area (Å²) in [6.45, 7) is 34.1. The molecule has 0 saturated carbocycles. The minimum atomic E-state index is -2.97. The summed E-state index contributed by atoms with van der Waals surface area (Å²) in [4.78, 5) is 65.5. The van der Waals surface area contributed by atoms with Gasteiger partial charge in [0.1, 0.15) is 30.5 Å². The molecule has 0 bridgehead atoms. The van der Waals surface area contributed by atoms with Gasteiger partial charge in [-0.25, -0.2) is 9.59 Å². The molecule has 6 heterocycles. The number of ether oxygens (including phenoxy) is 2. The molecule has 7 atom stereocenters. The number of rotatable bonds is 10. The normalized spacial score (nSPS) is 28.9. The predicted octanol–water partition coefficient (Wildman–Crippen LogP) is 5.71. The largest absolute Gasteiger partial charge is 0.414 e. The van der Waals surface area contributed by atoms with E-state index >= 15 is 0 Å². The van der Waals surface area contributed by atoms with Crippen molar-refractivity contribution in [3.8, 4) is 0 Å². The van der Waals surface area contributed by atoms with Gasteiger partial charge in [0, 0.05) is 24.5 Å². The molecule has 0 aliphatic carbocycles. The van der Waals surface area contributed by atoms with E-state index in [1.165, 1.54) is 29.1 Å². The van der Waals surface area contributed by atoms with Gasteiger partial charge in [0.05, 0.1) is 13.2 Å². The van der Waals surface area contributed by atoms with Gasteiger partial charge in [-0.05, 0) is 44.3 Å². The Hall–Kier alpha value is -2.46. The highest BCUT2D eigenvalue weighted by Crippen LogP contribution is 2.50. The van der Waals surface area contributed by atoms with Crippen LogP contribution >= 0.6 is 0 Å². The van der Waals surface area contributed by atoms with Gasteiger partial charge in [0.15, 0.2) is 12.5 Å². The number of aromatic nitrogens is 4. The molecule has 18 nitrogen and oxygen atoms in total. The number of fused-ring (bicyclic) bond motifs is 2. The van der Waals surface area contributed by atoms with Crippen molar-refractivity contribution in [3.05, 3.63) is 66.2 Å². The van der Waals surface area contributed by atoms with Crippen LogP contribution < -0.4 is 22.5 Å². The Morgan fingerprint density at radius 2 is 0.938 bits per heavy atom. The molecule has 4 fully saturated rings. The Kier molecular flexibility index (Phi) is 16.4. The lowest BCUT2D eigenvalue weighted by molar-refractivity contribution is -0.130. The highest BCUT2D eigenvalue weighted by Gasteiger charge is 2.63. The number of carbonyl (C=O) groups excluding carboxylic acids is 1. The van der Waals surface area contributed by atoms with Crippen LogP contribution in [0.3, 0.4) is 0 Å². The molecule has 4 saturated heterocycles. The number of aromatic amines is 2. The first kappa shape index (κ1) is 52.5. The topological polar surface area (TPSA) is 221 Å². The van der Waals surface area contributed by atoms with E-state index in [0.29, 0.717) is 0 Å². The zero-order valence-corrected chi connectivity index (χ0v) is 44.5. The van der Waals surface area contributed by atoms with Crippen molar-refractivity contribution in [2.75, 3.05) is 13.2 Å². The first-order chi connectivity index (χ1) is 29.7. The van der Waals surface area contributed by atoms with Crippen molar-refractivity contribution in [1.82, 2.24) is 19.1 Å². The number of nitrogens with zero attached hydrogens (tertiary/aromatic N) is 2. The molecule has 4 aliphatic heterocycles. The Morgan fingerprint density at radius 1 is 0.547 bits per heavy atom. The van der Waals surface area contributed by atoms with Crippen LogP contribution in [0.1, 0.15) is 123 Å². The van der Waals surface area contributed by atoms with Crippen molar-refractivity contribution in [2.24, 2.45) is 0 Å². The van der Waals surface area contributed by atoms with Gasteiger partial charge in [-0.3, -0.25) is 33.5 Å².